The molecule has 0 radical (unpaired) electrons. The van der Waals surface area contributed by atoms with E-state index in [1.54, 1.807) is 12.1 Å². The second-order valence-electron chi connectivity index (χ2n) is 5.54. The summed E-state index contributed by atoms with van der Waals surface area (Å²) in [4.78, 5) is 4.19. The van der Waals surface area contributed by atoms with Crippen molar-refractivity contribution >= 4 is 0 Å². The Morgan fingerprint density at radius 1 is 1.24 bits per heavy atom. The number of aliphatic hydroxyl groups is 1. The molecule has 1 saturated heterocycles. The minimum absolute atomic E-state index is 0.0992. The molecule has 6 heteroatoms. The molecule has 0 saturated carbocycles. The van der Waals surface area contributed by atoms with Crippen molar-refractivity contribution in [2.45, 2.75) is 25.2 Å². The number of nitrogens with zero attached hydrogens (tertiary/aromatic N) is 2. The van der Waals surface area contributed by atoms with Crippen LogP contribution in [0, 0.1) is 0 Å². The number of hydrogen-bond acceptors (Lipinski definition) is 3. The van der Waals surface area contributed by atoms with Crippen LogP contribution in [-0.4, -0.2) is 54.2 Å². The maximum absolute atomic E-state index is 13.0. The summed E-state index contributed by atoms with van der Waals surface area (Å²) in [5.74, 6) is 0. The van der Waals surface area contributed by atoms with E-state index in [1.807, 2.05) is 11.9 Å². The molecular formula is C15H21F3N2O. The smallest absolute Gasteiger partial charge is 0.396 e. The van der Waals surface area contributed by atoms with E-state index >= 15 is 0 Å². The van der Waals surface area contributed by atoms with Crippen LogP contribution in [0.4, 0.5) is 13.2 Å². The second kappa shape index (κ2) is 6.77. The first-order valence-electron chi connectivity index (χ1n) is 7.10. The Hall–Kier alpha value is -1.11. The Morgan fingerprint density at radius 2 is 1.95 bits per heavy atom. The molecule has 118 valence electrons. The fourth-order valence-corrected chi connectivity index (χ4v) is 2.79. The van der Waals surface area contributed by atoms with Crippen molar-refractivity contribution in [3.05, 3.63) is 35.4 Å². The van der Waals surface area contributed by atoms with Crippen LogP contribution >= 0.6 is 0 Å². The second-order valence-corrected chi connectivity index (χ2v) is 5.54. The number of hydrogen-bond donors (Lipinski definition) is 1. The molecule has 1 atom stereocenters. The van der Waals surface area contributed by atoms with Gasteiger partial charge in [-0.2, -0.15) is 13.2 Å². The summed E-state index contributed by atoms with van der Waals surface area (Å²) in [5.41, 5.74) is -0.236. The number of likely N-dealkylation sites (N-methyl/N-ethyl adjacent to an activating group) is 1. The average molecular weight is 302 g/mol. The van der Waals surface area contributed by atoms with E-state index in [0.717, 1.165) is 19.2 Å². The van der Waals surface area contributed by atoms with Crippen molar-refractivity contribution in [1.82, 2.24) is 9.80 Å². The Kier molecular flexibility index (Phi) is 5.24. The van der Waals surface area contributed by atoms with Crippen molar-refractivity contribution < 1.29 is 18.3 Å². The number of alkyl halides is 3. The van der Waals surface area contributed by atoms with Gasteiger partial charge in [0.2, 0.25) is 0 Å². The molecule has 0 amide bonds. The molecule has 1 aromatic carbocycles. The summed E-state index contributed by atoms with van der Waals surface area (Å²) >= 11 is 0. The van der Waals surface area contributed by atoms with Gasteiger partial charge in [0.15, 0.2) is 0 Å². The largest absolute Gasteiger partial charge is 0.416 e. The molecule has 1 heterocycles. The fourth-order valence-electron chi connectivity index (χ4n) is 2.79. The highest BCUT2D eigenvalue weighted by molar-refractivity contribution is 5.29. The number of piperazine rings is 1. The van der Waals surface area contributed by atoms with E-state index in [-0.39, 0.29) is 12.6 Å². The third kappa shape index (κ3) is 4.18. The minimum Gasteiger partial charge on any atom is -0.396 e. The number of benzene rings is 1. The van der Waals surface area contributed by atoms with Gasteiger partial charge in [-0.1, -0.05) is 18.2 Å². The van der Waals surface area contributed by atoms with Crippen molar-refractivity contribution in [2.75, 3.05) is 33.3 Å². The lowest BCUT2D eigenvalue weighted by Crippen LogP contribution is -2.51. The first-order valence-corrected chi connectivity index (χ1v) is 7.10. The Bertz CT molecular complexity index is 464. The number of aliphatic hydroxyl groups excluding tert-OH is 1. The highest BCUT2D eigenvalue weighted by atomic mass is 19.4. The molecule has 0 aromatic heterocycles. The van der Waals surface area contributed by atoms with Gasteiger partial charge in [0, 0.05) is 38.8 Å². The van der Waals surface area contributed by atoms with Gasteiger partial charge in [-0.15, -0.1) is 0 Å². The zero-order valence-electron chi connectivity index (χ0n) is 12.1. The first kappa shape index (κ1) is 16.3. The molecule has 1 aliphatic heterocycles. The zero-order valence-corrected chi connectivity index (χ0v) is 12.1. The first-order chi connectivity index (χ1) is 9.91. The third-order valence-electron chi connectivity index (χ3n) is 4.04. The molecule has 0 spiro atoms. The van der Waals surface area contributed by atoms with Crippen molar-refractivity contribution in [2.24, 2.45) is 0 Å². The highest BCUT2D eigenvalue weighted by Gasteiger charge is 2.33. The standard InChI is InChI=1S/C15H21F3N2O/c1-19-7-8-20(11-13(19)6-9-21)10-12-4-2-3-5-14(12)15(16,17)18/h2-5,13,21H,6-11H2,1H3. The molecule has 1 N–H and O–H groups in total. The summed E-state index contributed by atoms with van der Waals surface area (Å²) < 4.78 is 39.0. The summed E-state index contributed by atoms with van der Waals surface area (Å²) in [5, 5.41) is 9.07. The van der Waals surface area contributed by atoms with Gasteiger partial charge in [-0.3, -0.25) is 4.90 Å². The van der Waals surface area contributed by atoms with E-state index in [0.29, 0.717) is 25.1 Å². The van der Waals surface area contributed by atoms with E-state index in [2.05, 4.69) is 4.90 Å². The van der Waals surface area contributed by atoms with Crippen molar-refractivity contribution in [1.29, 1.82) is 0 Å². The summed E-state index contributed by atoms with van der Waals surface area (Å²) in [6.07, 6.45) is -3.67. The van der Waals surface area contributed by atoms with E-state index in [4.69, 9.17) is 5.11 Å². The fraction of sp³-hybridized carbons (Fsp3) is 0.600. The molecule has 2 rings (SSSR count). The number of rotatable bonds is 4. The third-order valence-corrected chi connectivity index (χ3v) is 4.04. The van der Waals surface area contributed by atoms with E-state index in [1.165, 1.54) is 6.07 Å². The number of halogens is 3. The maximum Gasteiger partial charge on any atom is 0.416 e. The van der Waals surface area contributed by atoms with Gasteiger partial charge < -0.3 is 10.0 Å². The Morgan fingerprint density at radius 3 is 2.62 bits per heavy atom. The predicted molar refractivity (Wildman–Crippen MR) is 74.8 cm³/mol. The quantitative estimate of drug-likeness (QED) is 0.924. The van der Waals surface area contributed by atoms with Crippen LogP contribution in [0.5, 0.6) is 0 Å². The zero-order chi connectivity index (χ0) is 15.5. The average Bonchev–Trinajstić information content (AvgIpc) is 2.42. The SMILES string of the molecule is CN1CCN(Cc2ccccc2C(F)(F)F)CC1CCO. The van der Waals surface area contributed by atoms with Crippen LogP contribution in [0.25, 0.3) is 0 Å². The minimum atomic E-state index is -4.31. The highest BCUT2D eigenvalue weighted by Crippen LogP contribution is 2.32. The summed E-state index contributed by atoms with van der Waals surface area (Å²) in [7, 11) is 1.99. The van der Waals surface area contributed by atoms with Crippen molar-refractivity contribution in [3.8, 4) is 0 Å². The molecule has 0 aliphatic carbocycles. The molecular weight excluding hydrogens is 281 g/mol. The van der Waals surface area contributed by atoms with Crippen LogP contribution < -0.4 is 0 Å². The molecule has 3 nitrogen and oxygen atoms in total. The summed E-state index contributed by atoms with van der Waals surface area (Å²) in [6.45, 7) is 2.63. The topological polar surface area (TPSA) is 26.7 Å². The Labute approximate surface area is 123 Å². The van der Waals surface area contributed by atoms with Crippen molar-refractivity contribution in [3.63, 3.8) is 0 Å². The van der Waals surface area contributed by atoms with Gasteiger partial charge in [0.25, 0.3) is 0 Å². The van der Waals surface area contributed by atoms with Crippen LogP contribution in [0.15, 0.2) is 24.3 Å². The van der Waals surface area contributed by atoms with E-state index in [9.17, 15) is 13.2 Å². The van der Waals surface area contributed by atoms with Crippen LogP contribution in [0.1, 0.15) is 17.5 Å². The van der Waals surface area contributed by atoms with Gasteiger partial charge in [0.1, 0.15) is 0 Å². The van der Waals surface area contributed by atoms with Crippen LogP contribution in [0.3, 0.4) is 0 Å². The van der Waals surface area contributed by atoms with E-state index < -0.39 is 11.7 Å². The normalized spacial score (nSPS) is 21.7. The van der Waals surface area contributed by atoms with Gasteiger partial charge >= 0.3 is 6.18 Å². The predicted octanol–water partition coefficient (Wildman–Crippen LogP) is 2.20. The molecule has 21 heavy (non-hydrogen) atoms. The van der Waals surface area contributed by atoms with Gasteiger partial charge in [-0.05, 0) is 25.1 Å². The van der Waals surface area contributed by atoms with Gasteiger partial charge in [-0.25, -0.2) is 0 Å². The molecule has 1 aromatic rings. The molecule has 1 unspecified atom stereocenters. The lowest BCUT2D eigenvalue weighted by molar-refractivity contribution is -0.138. The lowest BCUT2D eigenvalue weighted by Gasteiger charge is -2.39. The lowest BCUT2D eigenvalue weighted by atomic mass is 10.0. The summed E-state index contributed by atoms with van der Waals surface area (Å²) in [6, 6.07) is 5.94. The van der Waals surface area contributed by atoms with Crippen LogP contribution in [-0.2, 0) is 12.7 Å². The monoisotopic (exact) mass is 302 g/mol. The molecule has 1 aliphatic rings. The maximum atomic E-state index is 13.0. The molecule has 1 fully saturated rings. The van der Waals surface area contributed by atoms with Gasteiger partial charge in [0.05, 0.1) is 5.56 Å². The van der Waals surface area contributed by atoms with Crippen LogP contribution in [0.2, 0.25) is 0 Å². The Balaban J connectivity index is 2.08. The molecule has 0 bridgehead atoms.